The van der Waals surface area contributed by atoms with Crippen molar-refractivity contribution >= 4 is 17.7 Å². The summed E-state index contributed by atoms with van der Waals surface area (Å²) in [5.41, 5.74) is 0. The van der Waals surface area contributed by atoms with E-state index in [-0.39, 0.29) is 0 Å². The van der Waals surface area contributed by atoms with Gasteiger partial charge < -0.3 is 19.9 Å². The van der Waals surface area contributed by atoms with E-state index < -0.39 is 0 Å². The number of nitrogens with zero attached hydrogens (tertiary/aromatic N) is 4. The van der Waals surface area contributed by atoms with Crippen LogP contribution in [-0.2, 0) is 18.3 Å². The number of hydrogen-bond donors (Lipinski definition) is 2. The smallest absolute Gasteiger partial charge is 0.191 e. The summed E-state index contributed by atoms with van der Waals surface area (Å²) in [6, 6.07) is 0. The molecule has 2 N–H and O–H groups in total. The van der Waals surface area contributed by atoms with Crippen molar-refractivity contribution in [3.05, 3.63) is 11.6 Å². The largest absolute Gasteiger partial charge is 0.376 e. The van der Waals surface area contributed by atoms with Gasteiger partial charge in [0.25, 0.3) is 0 Å². The molecule has 0 bridgehead atoms. The predicted molar refractivity (Wildman–Crippen MR) is 94.9 cm³/mol. The third-order valence-electron chi connectivity index (χ3n) is 3.90. The highest BCUT2D eigenvalue weighted by molar-refractivity contribution is 7.98. The monoisotopic (exact) mass is 340 g/mol. The van der Waals surface area contributed by atoms with Crippen molar-refractivity contribution in [1.82, 2.24) is 25.4 Å². The number of nitrogens with one attached hydrogen (secondary N) is 2. The molecule has 130 valence electrons. The summed E-state index contributed by atoms with van der Waals surface area (Å²) in [7, 11) is 1.96. The molecule has 2 rings (SSSR count). The van der Waals surface area contributed by atoms with Crippen molar-refractivity contribution in [3.8, 4) is 0 Å². The number of guanidine groups is 1. The molecule has 0 spiro atoms. The van der Waals surface area contributed by atoms with Crippen molar-refractivity contribution in [3.63, 3.8) is 0 Å². The molecule has 8 heteroatoms. The van der Waals surface area contributed by atoms with Gasteiger partial charge in [-0.15, -0.1) is 10.2 Å². The van der Waals surface area contributed by atoms with Gasteiger partial charge in [-0.2, -0.15) is 11.8 Å². The maximum Gasteiger partial charge on any atom is 0.191 e. The summed E-state index contributed by atoms with van der Waals surface area (Å²) >= 11 is 1.86. The lowest BCUT2D eigenvalue weighted by molar-refractivity contribution is 0.114. The Balaban J connectivity index is 1.87. The van der Waals surface area contributed by atoms with Crippen LogP contribution in [0.4, 0.5) is 0 Å². The first-order chi connectivity index (χ1) is 11.2. The molecule has 1 saturated heterocycles. The zero-order valence-corrected chi connectivity index (χ0v) is 15.2. The minimum atomic E-state index is 0.297. The van der Waals surface area contributed by atoms with Crippen LogP contribution in [0.1, 0.15) is 30.9 Å². The minimum Gasteiger partial charge on any atom is -0.376 e. The van der Waals surface area contributed by atoms with Gasteiger partial charge in [-0.05, 0) is 38.2 Å². The van der Waals surface area contributed by atoms with Crippen LogP contribution in [0.2, 0.25) is 0 Å². The molecule has 0 radical (unpaired) electrons. The van der Waals surface area contributed by atoms with E-state index in [1.807, 2.05) is 30.3 Å². The van der Waals surface area contributed by atoms with Crippen molar-refractivity contribution in [2.24, 2.45) is 12.0 Å². The van der Waals surface area contributed by atoms with E-state index >= 15 is 0 Å². The third kappa shape index (κ3) is 6.02. The number of aromatic nitrogens is 3. The van der Waals surface area contributed by atoms with E-state index in [2.05, 4.69) is 32.1 Å². The molecule has 1 aliphatic rings. The lowest BCUT2D eigenvalue weighted by atomic mass is 10.2. The maximum absolute atomic E-state index is 5.66. The number of aliphatic imine (C=N–C) groups is 1. The lowest BCUT2D eigenvalue weighted by Gasteiger charge is -2.15. The minimum absolute atomic E-state index is 0.297. The summed E-state index contributed by atoms with van der Waals surface area (Å²) in [5.74, 6) is 3.73. The Morgan fingerprint density at radius 1 is 1.43 bits per heavy atom. The standard InChI is InChI=1S/C15H28N6OS/c1-12-19-20-14(21(12)2)11-18-15(16-7-5-9-23-3)17-10-13-6-4-8-22-13/h13H,4-11H2,1-3H3,(H2,16,17,18). The van der Waals surface area contributed by atoms with Gasteiger partial charge in [0, 0.05) is 26.7 Å². The van der Waals surface area contributed by atoms with E-state index in [1.165, 1.54) is 0 Å². The second kappa shape index (κ2) is 9.77. The molecule has 23 heavy (non-hydrogen) atoms. The number of rotatable bonds is 8. The highest BCUT2D eigenvalue weighted by atomic mass is 32.2. The van der Waals surface area contributed by atoms with E-state index in [9.17, 15) is 0 Å². The van der Waals surface area contributed by atoms with Crippen molar-refractivity contribution in [1.29, 1.82) is 0 Å². The van der Waals surface area contributed by atoms with Crippen molar-refractivity contribution in [2.45, 2.75) is 38.8 Å². The number of aryl methyl sites for hydroxylation is 1. The molecule has 2 heterocycles. The Bertz CT molecular complexity index is 498. The fourth-order valence-corrected chi connectivity index (χ4v) is 2.78. The Morgan fingerprint density at radius 2 is 2.30 bits per heavy atom. The Kier molecular flexibility index (Phi) is 7.67. The van der Waals surface area contributed by atoms with E-state index in [0.717, 1.165) is 62.3 Å². The van der Waals surface area contributed by atoms with Gasteiger partial charge in [-0.3, -0.25) is 0 Å². The number of thioether (sulfide) groups is 1. The average molecular weight is 340 g/mol. The van der Waals surface area contributed by atoms with Gasteiger partial charge in [0.2, 0.25) is 0 Å². The zero-order chi connectivity index (χ0) is 16.5. The quantitative estimate of drug-likeness (QED) is 0.419. The van der Waals surface area contributed by atoms with E-state index in [4.69, 9.17) is 4.74 Å². The number of hydrogen-bond acceptors (Lipinski definition) is 5. The Labute approximate surface area is 142 Å². The third-order valence-corrected chi connectivity index (χ3v) is 4.60. The van der Waals surface area contributed by atoms with E-state index in [1.54, 1.807) is 0 Å². The Hall–Kier alpha value is -1.28. The first-order valence-electron chi connectivity index (χ1n) is 8.18. The normalized spacial score (nSPS) is 18.4. The van der Waals surface area contributed by atoms with Gasteiger partial charge in [-0.25, -0.2) is 4.99 Å². The van der Waals surface area contributed by atoms with Crippen LogP contribution in [0, 0.1) is 6.92 Å². The molecular weight excluding hydrogens is 312 g/mol. The highest BCUT2D eigenvalue weighted by Gasteiger charge is 2.15. The molecule has 1 unspecified atom stereocenters. The Morgan fingerprint density at radius 3 is 2.96 bits per heavy atom. The van der Waals surface area contributed by atoms with Crippen LogP contribution < -0.4 is 10.6 Å². The zero-order valence-electron chi connectivity index (χ0n) is 14.3. The van der Waals surface area contributed by atoms with Crippen LogP contribution >= 0.6 is 11.8 Å². The highest BCUT2D eigenvalue weighted by Crippen LogP contribution is 2.10. The molecule has 0 amide bonds. The van der Waals surface area contributed by atoms with Gasteiger partial charge >= 0.3 is 0 Å². The lowest BCUT2D eigenvalue weighted by Crippen LogP contribution is -2.41. The maximum atomic E-state index is 5.66. The van der Waals surface area contributed by atoms with Crippen molar-refractivity contribution < 1.29 is 4.74 Å². The second-order valence-corrected chi connectivity index (χ2v) is 6.66. The molecular formula is C15H28N6OS. The molecule has 0 saturated carbocycles. The fourth-order valence-electron chi connectivity index (χ4n) is 2.35. The summed E-state index contributed by atoms with van der Waals surface area (Å²) in [5, 5.41) is 15.0. The van der Waals surface area contributed by atoms with E-state index in [0.29, 0.717) is 12.6 Å². The summed E-state index contributed by atoms with van der Waals surface area (Å²) in [6.07, 6.45) is 5.81. The predicted octanol–water partition coefficient (Wildman–Crippen LogP) is 1.09. The molecule has 7 nitrogen and oxygen atoms in total. The topological polar surface area (TPSA) is 76.4 Å². The summed E-state index contributed by atoms with van der Waals surface area (Å²) in [6.45, 7) is 5.04. The van der Waals surface area contributed by atoms with Gasteiger partial charge in [0.1, 0.15) is 12.4 Å². The summed E-state index contributed by atoms with van der Waals surface area (Å²) in [4.78, 5) is 4.64. The van der Waals surface area contributed by atoms with Crippen molar-refractivity contribution in [2.75, 3.05) is 31.7 Å². The van der Waals surface area contributed by atoms with Crippen LogP contribution in [0.25, 0.3) is 0 Å². The summed E-state index contributed by atoms with van der Waals surface area (Å²) < 4.78 is 7.62. The van der Waals surface area contributed by atoms with Crippen LogP contribution in [0.15, 0.2) is 4.99 Å². The SMILES string of the molecule is CSCCCNC(=NCc1nnc(C)n1C)NCC1CCCO1. The average Bonchev–Trinajstić information content (AvgIpc) is 3.18. The van der Waals surface area contributed by atoms with Crippen LogP contribution in [-0.4, -0.2) is 58.5 Å². The molecule has 1 aliphatic heterocycles. The molecule has 0 aromatic carbocycles. The van der Waals surface area contributed by atoms with Gasteiger partial charge in [0.15, 0.2) is 11.8 Å². The van der Waals surface area contributed by atoms with Gasteiger partial charge in [0.05, 0.1) is 6.10 Å². The second-order valence-electron chi connectivity index (χ2n) is 5.68. The molecule has 1 aromatic heterocycles. The fraction of sp³-hybridized carbons (Fsp3) is 0.800. The molecule has 0 aliphatic carbocycles. The van der Waals surface area contributed by atoms with Gasteiger partial charge in [-0.1, -0.05) is 0 Å². The molecule has 1 fully saturated rings. The first-order valence-corrected chi connectivity index (χ1v) is 9.57. The molecule has 1 aromatic rings. The molecule has 1 atom stereocenters. The van der Waals surface area contributed by atoms with Crippen LogP contribution in [0.3, 0.4) is 0 Å². The van der Waals surface area contributed by atoms with Crippen LogP contribution in [0.5, 0.6) is 0 Å². The first kappa shape index (κ1) is 18.1. The number of ether oxygens (including phenoxy) is 1.